The van der Waals surface area contributed by atoms with Gasteiger partial charge in [-0.3, -0.25) is 14.9 Å². The zero-order valence-electron chi connectivity index (χ0n) is 11.6. The van der Waals surface area contributed by atoms with Gasteiger partial charge in [-0.2, -0.15) is 0 Å². The number of ether oxygens (including phenoxy) is 1. The summed E-state index contributed by atoms with van der Waals surface area (Å²) < 4.78 is 4.83. The fourth-order valence-corrected chi connectivity index (χ4v) is 1.71. The van der Waals surface area contributed by atoms with Crippen LogP contribution in [0.25, 0.3) is 0 Å². The van der Waals surface area contributed by atoms with Gasteiger partial charge in [-0.25, -0.2) is 0 Å². The quantitative estimate of drug-likeness (QED) is 0.605. The number of methoxy groups -OCH3 is 1. The molecule has 110 valence electrons. The average Bonchev–Trinajstić information content (AvgIpc) is 2.45. The Balaban J connectivity index is 2.62. The van der Waals surface area contributed by atoms with Gasteiger partial charge in [0, 0.05) is 13.7 Å². The zero-order chi connectivity index (χ0) is 15.0. The van der Waals surface area contributed by atoms with Crippen LogP contribution in [0.1, 0.15) is 18.5 Å². The summed E-state index contributed by atoms with van der Waals surface area (Å²) in [5, 5.41) is 14.7. The Morgan fingerprint density at radius 3 is 2.50 bits per heavy atom. The van der Waals surface area contributed by atoms with E-state index in [1.165, 1.54) is 0 Å². The van der Waals surface area contributed by atoms with E-state index in [0.717, 1.165) is 0 Å². The van der Waals surface area contributed by atoms with Crippen LogP contribution in [0.15, 0.2) is 30.3 Å². The molecule has 0 fully saturated rings. The number of benzene rings is 1. The second-order valence-corrected chi connectivity index (χ2v) is 4.35. The number of rotatable bonds is 8. The van der Waals surface area contributed by atoms with E-state index in [1.807, 2.05) is 6.07 Å². The standard InChI is InChI=1S/C14H20N2O4/c1-10(13(17)15-8-9-20-2)16-12(14(18)19)11-6-4-3-5-7-11/h3-7,10,12,16H,8-9H2,1-2H3,(H,15,17)(H,18,19). The number of carbonyl (C=O) groups is 2. The minimum absolute atomic E-state index is 0.260. The Hall–Kier alpha value is -1.92. The van der Waals surface area contributed by atoms with Gasteiger partial charge < -0.3 is 15.2 Å². The summed E-state index contributed by atoms with van der Waals surface area (Å²) in [6.07, 6.45) is 0. The van der Waals surface area contributed by atoms with Crippen molar-refractivity contribution in [2.45, 2.75) is 19.0 Å². The molecule has 0 bridgehead atoms. The van der Waals surface area contributed by atoms with Gasteiger partial charge in [0.05, 0.1) is 12.6 Å². The topological polar surface area (TPSA) is 87.7 Å². The SMILES string of the molecule is COCCNC(=O)C(C)NC(C(=O)O)c1ccccc1. The Bertz CT molecular complexity index is 436. The predicted molar refractivity (Wildman–Crippen MR) is 74.3 cm³/mol. The summed E-state index contributed by atoms with van der Waals surface area (Å²) in [5.74, 6) is -1.28. The molecule has 0 saturated carbocycles. The number of carboxylic acids is 1. The van der Waals surface area contributed by atoms with Crippen molar-refractivity contribution >= 4 is 11.9 Å². The fraction of sp³-hybridized carbons (Fsp3) is 0.429. The lowest BCUT2D eigenvalue weighted by Crippen LogP contribution is -2.46. The van der Waals surface area contributed by atoms with E-state index in [2.05, 4.69) is 10.6 Å². The monoisotopic (exact) mass is 280 g/mol. The van der Waals surface area contributed by atoms with Gasteiger partial charge in [0.1, 0.15) is 6.04 Å². The number of hydrogen-bond donors (Lipinski definition) is 3. The van der Waals surface area contributed by atoms with Crippen molar-refractivity contribution in [2.24, 2.45) is 0 Å². The molecule has 0 heterocycles. The van der Waals surface area contributed by atoms with E-state index in [0.29, 0.717) is 18.7 Å². The van der Waals surface area contributed by atoms with Crippen LogP contribution in [-0.4, -0.2) is 43.3 Å². The molecule has 1 rings (SSSR count). The molecule has 2 unspecified atom stereocenters. The van der Waals surface area contributed by atoms with Crippen molar-refractivity contribution in [2.75, 3.05) is 20.3 Å². The molecule has 0 aliphatic rings. The molecule has 6 heteroatoms. The molecule has 0 saturated heterocycles. The van der Waals surface area contributed by atoms with Gasteiger partial charge in [0.15, 0.2) is 0 Å². The zero-order valence-corrected chi connectivity index (χ0v) is 11.6. The van der Waals surface area contributed by atoms with E-state index < -0.39 is 18.1 Å². The highest BCUT2D eigenvalue weighted by Gasteiger charge is 2.24. The maximum absolute atomic E-state index is 11.8. The number of aliphatic carboxylic acids is 1. The maximum atomic E-state index is 11.8. The van der Waals surface area contributed by atoms with E-state index in [-0.39, 0.29) is 5.91 Å². The van der Waals surface area contributed by atoms with Gasteiger partial charge in [-0.05, 0) is 12.5 Å². The lowest BCUT2D eigenvalue weighted by molar-refractivity contribution is -0.140. The summed E-state index contributed by atoms with van der Waals surface area (Å²) >= 11 is 0. The van der Waals surface area contributed by atoms with Gasteiger partial charge in [0.25, 0.3) is 0 Å². The molecule has 2 atom stereocenters. The van der Waals surface area contributed by atoms with Crippen molar-refractivity contribution in [1.29, 1.82) is 0 Å². The number of nitrogens with one attached hydrogen (secondary N) is 2. The van der Waals surface area contributed by atoms with E-state index in [9.17, 15) is 14.7 Å². The average molecular weight is 280 g/mol. The number of amides is 1. The van der Waals surface area contributed by atoms with Gasteiger partial charge in [-0.1, -0.05) is 30.3 Å². The highest BCUT2D eigenvalue weighted by atomic mass is 16.5. The van der Waals surface area contributed by atoms with Crippen LogP contribution >= 0.6 is 0 Å². The number of carboxylic acid groups (broad SMARTS) is 1. The molecule has 1 aromatic carbocycles. The molecule has 0 aliphatic carbocycles. The second-order valence-electron chi connectivity index (χ2n) is 4.35. The van der Waals surface area contributed by atoms with Crippen LogP contribution in [0.5, 0.6) is 0 Å². The highest BCUT2D eigenvalue weighted by molar-refractivity contribution is 5.83. The molecular weight excluding hydrogens is 260 g/mol. The summed E-state index contributed by atoms with van der Waals surface area (Å²) in [5.41, 5.74) is 0.608. The van der Waals surface area contributed by atoms with Crippen LogP contribution in [0, 0.1) is 0 Å². The third-order valence-corrected chi connectivity index (χ3v) is 2.80. The lowest BCUT2D eigenvalue weighted by Gasteiger charge is -2.20. The van der Waals surface area contributed by atoms with Crippen molar-refractivity contribution in [3.63, 3.8) is 0 Å². The first-order valence-corrected chi connectivity index (χ1v) is 6.36. The first-order chi connectivity index (χ1) is 9.56. The van der Waals surface area contributed by atoms with Crippen LogP contribution in [-0.2, 0) is 14.3 Å². The molecule has 0 spiro atoms. The minimum Gasteiger partial charge on any atom is -0.480 e. The first-order valence-electron chi connectivity index (χ1n) is 6.36. The fourth-order valence-electron chi connectivity index (χ4n) is 1.71. The van der Waals surface area contributed by atoms with E-state index in [4.69, 9.17) is 4.74 Å². The third kappa shape index (κ3) is 4.99. The van der Waals surface area contributed by atoms with E-state index >= 15 is 0 Å². The third-order valence-electron chi connectivity index (χ3n) is 2.80. The van der Waals surface area contributed by atoms with Crippen molar-refractivity contribution in [3.8, 4) is 0 Å². The molecule has 1 aromatic rings. The number of hydrogen-bond acceptors (Lipinski definition) is 4. The Kier molecular flexibility index (Phi) is 6.69. The molecule has 6 nitrogen and oxygen atoms in total. The van der Waals surface area contributed by atoms with Crippen LogP contribution in [0.3, 0.4) is 0 Å². The van der Waals surface area contributed by atoms with E-state index in [1.54, 1.807) is 38.3 Å². The largest absolute Gasteiger partial charge is 0.480 e. The Labute approximate surface area is 118 Å². The van der Waals surface area contributed by atoms with Crippen LogP contribution in [0.4, 0.5) is 0 Å². The van der Waals surface area contributed by atoms with Crippen LogP contribution < -0.4 is 10.6 Å². The molecule has 3 N–H and O–H groups in total. The van der Waals surface area contributed by atoms with Gasteiger partial charge in [-0.15, -0.1) is 0 Å². The molecule has 20 heavy (non-hydrogen) atoms. The first kappa shape index (κ1) is 16.1. The highest BCUT2D eigenvalue weighted by Crippen LogP contribution is 2.13. The molecule has 0 radical (unpaired) electrons. The minimum atomic E-state index is -1.02. The molecule has 0 aliphatic heterocycles. The molecule has 0 aromatic heterocycles. The summed E-state index contributed by atoms with van der Waals surface area (Å²) in [4.78, 5) is 23.1. The van der Waals surface area contributed by atoms with Crippen LogP contribution in [0.2, 0.25) is 0 Å². The Morgan fingerprint density at radius 2 is 1.95 bits per heavy atom. The summed E-state index contributed by atoms with van der Waals surface area (Å²) in [7, 11) is 1.55. The van der Waals surface area contributed by atoms with Crippen molar-refractivity contribution in [3.05, 3.63) is 35.9 Å². The number of carbonyl (C=O) groups excluding carboxylic acids is 1. The summed E-state index contributed by atoms with van der Waals surface area (Å²) in [6.45, 7) is 2.44. The lowest BCUT2D eigenvalue weighted by atomic mass is 10.1. The Morgan fingerprint density at radius 1 is 1.30 bits per heavy atom. The summed E-state index contributed by atoms with van der Waals surface area (Å²) in [6, 6.07) is 7.21. The van der Waals surface area contributed by atoms with Crippen molar-refractivity contribution in [1.82, 2.24) is 10.6 Å². The normalized spacial score (nSPS) is 13.5. The molecular formula is C14H20N2O4. The van der Waals surface area contributed by atoms with Crippen molar-refractivity contribution < 1.29 is 19.4 Å². The predicted octanol–water partition coefficient (Wildman–Crippen LogP) is 0.553. The molecule has 1 amide bonds. The second kappa shape index (κ2) is 8.29. The maximum Gasteiger partial charge on any atom is 0.325 e. The smallest absolute Gasteiger partial charge is 0.325 e. The van der Waals surface area contributed by atoms with Gasteiger partial charge in [0.2, 0.25) is 5.91 Å². The van der Waals surface area contributed by atoms with Gasteiger partial charge >= 0.3 is 5.97 Å².